The van der Waals surface area contributed by atoms with E-state index in [0.717, 1.165) is 31.5 Å². The predicted molar refractivity (Wildman–Crippen MR) is 67.6 cm³/mol. The van der Waals surface area contributed by atoms with Crippen molar-refractivity contribution in [2.24, 2.45) is 5.92 Å². The van der Waals surface area contributed by atoms with Gasteiger partial charge in [-0.2, -0.15) is 0 Å². The maximum Gasteiger partial charge on any atom is 0.0701 e. The minimum atomic E-state index is 0.802. The van der Waals surface area contributed by atoms with Crippen LogP contribution in [0.15, 0.2) is 15.9 Å². The van der Waals surface area contributed by atoms with Gasteiger partial charge in [0.25, 0.3) is 0 Å². The number of hydrogen-bond acceptors (Lipinski definition) is 3. The van der Waals surface area contributed by atoms with E-state index in [4.69, 9.17) is 4.74 Å². The molecule has 1 N–H and O–H groups in total. The van der Waals surface area contributed by atoms with Gasteiger partial charge in [-0.1, -0.05) is 0 Å². The van der Waals surface area contributed by atoms with Gasteiger partial charge < -0.3 is 10.1 Å². The molecule has 84 valence electrons. The van der Waals surface area contributed by atoms with Crippen LogP contribution in [0.2, 0.25) is 0 Å². The van der Waals surface area contributed by atoms with E-state index in [2.05, 4.69) is 33.4 Å². The van der Waals surface area contributed by atoms with Crippen molar-refractivity contribution in [3.8, 4) is 0 Å². The van der Waals surface area contributed by atoms with Crippen LogP contribution in [0.4, 0.5) is 0 Å². The van der Waals surface area contributed by atoms with Gasteiger partial charge in [-0.15, -0.1) is 11.3 Å². The van der Waals surface area contributed by atoms with Crippen LogP contribution in [0.5, 0.6) is 0 Å². The first-order valence-electron chi connectivity index (χ1n) is 5.26. The Morgan fingerprint density at radius 1 is 1.60 bits per heavy atom. The standard InChI is InChI=1S/C11H16BrNOS/c1-14-5-4-13-7-8-6-9(8)10-2-3-11(12)15-10/h2-3,8-9,13H,4-7H2,1H3. The Morgan fingerprint density at radius 2 is 2.47 bits per heavy atom. The fourth-order valence-electron chi connectivity index (χ4n) is 1.81. The monoisotopic (exact) mass is 289 g/mol. The molecule has 1 aromatic rings. The molecule has 1 aromatic heterocycles. The summed E-state index contributed by atoms with van der Waals surface area (Å²) < 4.78 is 6.24. The molecule has 0 amide bonds. The molecule has 1 fully saturated rings. The lowest BCUT2D eigenvalue weighted by atomic mass is 10.2. The van der Waals surface area contributed by atoms with Crippen molar-refractivity contribution in [3.05, 3.63) is 20.8 Å². The highest BCUT2D eigenvalue weighted by Gasteiger charge is 2.38. The molecule has 0 spiro atoms. The van der Waals surface area contributed by atoms with Crippen LogP contribution in [0.25, 0.3) is 0 Å². The van der Waals surface area contributed by atoms with Gasteiger partial charge in [0.1, 0.15) is 0 Å². The topological polar surface area (TPSA) is 21.3 Å². The van der Waals surface area contributed by atoms with E-state index in [9.17, 15) is 0 Å². The lowest BCUT2D eigenvalue weighted by Crippen LogP contribution is -2.21. The normalized spacial score (nSPS) is 24.4. The third kappa shape index (κ3) is 3.28. The third-order valence-electron chi connectivity index (χ3n) is 2.77. The van der Waals surface area contributed by atoms with E-state index < -0.39 is 0 Å². The maximum atomic E-state index is 4.99. The summed E-state index contributed by atoms with van der Waals surface area (Å²) in [6.07, 6.45) is 1.34. The van der Waals surface area contributed by atoms with Gasteiger partial charge in [0.15, 0.2) is 0 Å². The molecule has 1 aliphatic rings. The highest BCUT2D eigenvalue weighted by atomic mass is 79.9. The minimum Gasteiger partial charge on any atom is -0.383 e. The SMILES string of the molecule is COCCNCC1CC1c1ccc(Br)s1. The van der Waals surface area contributed by atoms with Crippen molar-refractivity contribution >= 4 is 27.3 Å². The van der Waals surface area contributed by atoms with Gasteiger partial charge in [-0.25, -0.2) is 0 Å². The van der Waals surface area contributed by atoms with E-state index in [1.165, 1.54) is 15.1 Å². The summed E-state index contributed by atoms with van der Waals surface area (Å²) >= 11 is 5.38. The number of nitrogens with one attached hydrogen (secondary N) is 1. The van der Waals surface area contributed by atoms with Crippen LogP contribution in [-0.4, -0.2) is 26.8 Å². The maximum absolute atomic E-state index is 4.99. The molecule has 15 heavy (non-hydrogen) atoms. The number of ether oxygens (including phenoxy) is 1. The van der Waals surface area contributed by atoms with Gasteiger partial charge in [-0.3, -0.25) is 0 Å². The summed E-state index contributed by atoms with van der Waals surface area (Å²) in [7, 11) is 1.74. The smallest absolute Gasteiger partial charge is 0.0701 e. The van der Waals surface area contributed by atoms with Crippen molar-refractivity contribution in [1.82, 2.24) is 5.32 Å². The number of halogens is 1. The molecule has 0 aromatic carbocycles. The minimum absolute atomic E-state index is 0.802. The Balaban J connectivity index is 1.68. The van der Waals surface area contributed by atoms with Crippen LogP contribution in [0.1, 0.15) is 17.2 Å². The largest absolute Gasteiger partial charge is 0.383 e. The molecule has 0 saturated heterocycles. The summed E-state index contributed by atoms with van der Waals surface area (Å²) in [5, 5.41) is 3.42. The van der Waals surface area contributed by atoms with E-state index in [1.54, 1.807) is 7.11 Å². The predicted octanol–water partition coefficient (Wildman–Crippen LogP) is 2.85. The molecule has 1 saturated carbocycles. The van der Waals surface area contributed by atoms with E-state index >= 15 is 0 Å². The molecular weight excluding hydrogens is 274 g/mol. The van der Waals surface area contributed by atoms with E-state index in [-0.39, 0.29) is 0 Å². The highest BCUT2D eigenvalue weighted by Crippen LogP contribution is 2.49. The van der Waals surface area contributed by atoms with Gasteiger partial charge in [0.05, 0.1) is 10.4 Å². The highest BCUT2D eigenvalue weighted by molar-refractivity contribution is 9.11. The Labute approximate surface area is 103 Å². The lowest BCUT2D eigenvalue weighted by Gasteiger charge is -2.02. The number of rotatable bonds is 6. The van der Waals surface area contributed by atoms with Crippen molar-refractivity contribution in [2.75, 3.05) is 26.8 Å². The second-order valence-electron chi connectivity index (χ2n) is 3.94. The van der Waals surface area contributed by atoms with Crippen molar-refractivity contribution in [1.29, 1.82) is 0 Å². The summed E-state index contributed by atoms with van der Waals surface area (Å²) in [5.41, 5.74) is 0. The van der Waals surface area contributed by atoms with Crippen LogP contribution in [0, 0.1) is 5.92 Å². The van der Waals surface area contributed by atoms with E-state index in [1.807, 2.05) is 11.3 Å². The molecule has 1 aliphatic carbocycles. The van der Waals surface area contributed by atoms with Gasteiger partial charge in [-0.05, 0) is 52.9 Å². The summed E-state index contributed by atoms with van der Waals surface area (Å²) in [6.45, 7) is 2.90. The quantitative estimate of drug-likeness (QED) is 0.813. The average molecular weight is 290 g/mol. The second-order valence-corrected chi connectivity index (χ2v) is 6.44. The molecule has 2 rings (SSSR count). The summed E-state index contributed by atoms with van der Waals surface area (Å²) in [5.74, 6) is 1.64. The molecule has 2 unspecified atom stereocenters. The zero-order chi connectivity index (χ0) is 10.7. The molecular formula is C11H16BrNOS. The zero-order valence-corrected chi connectivity index (χ0v) is 11.2. The van der Waals surface area contributed by atoms with Gasteiger partial charge >= 0.3 is 0 Å². The number of methoxy groups -OCH3 is 1. The van der Waals surface area contributed by atoms with Crippen LogP contribution in [-0.2, 0) is 4.74 Å². The van der Waals surface area contributed by atoms with Crippen molar-refractivity contribution in [2.45, 2.75) is 12.3 Å². The first kappa shape index (κ1) is 11.6. The lowest BCUT2D eigenvalue weighted by molar-refractivity contribution is 0.199. The third-order valence-corrected chi connectivity index (χ3v) is 4.53. The molecule has 1 heterocycles. The van der Waals surface area contributed by atoms with Crippen LogP contribution < -0.4 is 5.32 Å². The molecule has 2 atom stereocenters. The Hall–Kier alpha value is 0.1000. The first-order valence-corrected chi connectivity index (χ1v) is 6.87. The Bertz CT molecular complexity index is 315. The Morgan fingerprint density at radius 3 is 3.13 bits per heavy atom. The van der Waals surface area contributed by atoms with Gasteiger partial charge in [0, 0.05) is 18.5 Å². The van der Waals surface area contributed by atoms with E-state index in [0.29, 0.717) is 0 Å². The second kappa shape index (κ2) is 5.43. The number of hydrogen-bond donors (Lipinski definition) is 1. The summed E-state index contributed by atoms with van der Waals surface area (Å²) in [6, 6.07) is 4.39. The fraction of sp³-hybridized carbons (Fsp3) is 0.636. The van der Waals surface area contributed by atoms with Crippen LogP contribution >= 0.6 is 27.3 Å². The molecule has 0 bridgehead atoms. The van der Waals surface area contributed by atoms with Crippen LogP contribution in [0.3, 0.4) is 0 Å². The molecule has 0 radical (unpaired) electrons. The van der Waals surface area contributed by atoms with Crippen molar-refractivity contribution < 1.29 is 4.74 Å². The van der Waals surface area contributed by atoms with Crippen molar-refractivity contribution in [3.63, 3.8) is 0 Å². The average Bonchev–Trinajstić information content (AvgIpc) is 2.88. The molecule has 0 aliphatic heterocycles. The Kier molecular flexibility index (Phi) is 4.20. The number of thiophene rings is 1. The molecule has 4 heteroatoms. The molecule has 2 nitrogen and oxygen atoms in total. The van der Waals surface area contributed by atoms with Gasteiger partial charge in [0.2, 0.25) is 0 Å². The summed E-state index contributed by atoms with van der Waals surface area (Å²) in [4.78, 5) is 1.53. The first-order chi connectivity index (χ1) is 7.31. The zero-order valence-electron chi connectivity index (χ0n) is 8.83. The fourth-order valence-corrected chi connectivity index (χ4v) is 3.44.